The first-order chi connectivity index (χ1) is 13.7. The molecular formula is C21H19N3O4. The number of nitrogens with zero attached hydrogens (tertiary/aromatic N) is 1. The van der Waals surface area contributed by atoms with E-state index in [2.05, 4.69) is 15.3 Å². The van der Waals surface area contributed by atoms with Gasteiger partial charge in [-0.3, -0.25) is 4.79 Å². The highest BCUT2D eigenvalue weighted by Crippen LogP contribution is 2.35. The van der Waals surface area contributed by atoms with Gasteiger partial charge in [0.2, 0.25) is 0 Å². The summed E-state index contributed by atoms with van der Waals surface area (Å²) in [6, 6.07) is 12.2. The Kier molecular flexibility index (Phi) is 4.82. The van der Waals surface area contributed by atoms with Crippen molar-refractivity contribution in [2.45, 2.75) is 6.04 Å². The molecule has 4 aromatic rings. The number of carbonyl (C=O) groups is 1. The van der Waals surface area contributed by atoms with Crippen LogP contribution in [0.1, 0.15) is 22.0 Å². The molecular weight excluding hydrogens is 358 g/mol. The number of aromatic amines is 1. The van der Waals surface area contributed by atoms with E-state index in [1.807, 2.05) is 30.3 Å². The number of furan rings is 1. The number of methoxy groups -OCH3 is 1. The van der Waals surface area contributed by atoms with Crippen molar-refractivity contribution < 1.29 is 19.1 Å². The summed E-state index contributed by atoms with van der Waals surface area (Å²) in [4.78, 5) is 20.0. The lowest BCUT2D eigenvalue weighted by Gasteiger charge is -2.15. The first-order valence-electron chi connectivity index (χ1n) is 8.77. The van der Waals surface area contributed by atoms with Gasteiger partial charge in [-0.25, -0.2) is 4.98 Å². The standard InChI is InChI=1S/C21H19N3O4/c1-27-17-7-8-22-20-19(17)15(10-23-20)18-9-14(12-28-18)21(26)24-16(11-25)13-5-3-2-4-6-13/h2-10,12,16,25H,11H2,1H3,(H,22,23)(H,24,26)/t16-/m1/s1. The van der Waals surface area contributed by atoms with E-state index >= 15 is 0 Å². The van der Waals surface area contributed by atoms with E-state index in [1.165, 1.54) is 6.26 Å². The molecule has 3 heterocycles. The van der Waals surface area contributed by atoms with Crippen molar-refractivity contribution in [2.24, 2.45) is 0 Å². The summed E-state index contributed by atoms with van der Waals surface area (Å²) in [7, 11) is 1.59. The van der Waals surface area contributed by atoms with Crippen LogP contribution in [0.2, 0.25) is 0 Å². The summed E-state index contributed by atoms with van der Waals surface area (Å²) < 4.78 is 11.0. The lowest BCUT2D eigenvalue weighted by atomic mass is 10.1. The predicted molar refractivity (Wildman–Crippen MR) is 104 cm³/mol. The summed E-state index contributed by atoms with van der Waals surface area (Å²) in [5.74, 6) is 0.846. The van der Waals surface area contributed by atoms with Crippen molar-refractivity contribution in [3.05, 3.63) is 72.2 Å². The zero-order valence-electron chi connectivity index (χ0n) is 15.2. The number of H-pyrrole nitrogens is 1. The summed E-state index contributed by atoms with van der Waals surface area (Å²) >= 11 is 0. The number of carbonyl (C=O) groups excluding carboxylic acids is 1. The average molecular weight is 377 g/mol. The van der Waals surface area contributed by atoms with Gasteiger partial charge in [0, 0.05) is 18.0 Å². The number of fused-ring (bicyclic) bond motifs is 1. The van der Waals surface area contributed by atoms with E-state index in [4.69, 9.17) is 9.15 Å². The summed E-state index contributed by atoms with van der Waals surface area (Å²) in [5, 5.41) is 13.2. The van der Waals surface area contributed by atoms with Gasteiger partial charge in [-0.15, -0.1) is 0 Å². The molecule has 4 rings (SSSR count). The number of rotatable bonds is 6. The maximum Gasteiger partial charge on any atom is 0.255 e. The third-order valence-electron chi connectivity index (χ3n) is 4.57. The Labute approximate surface area is 161 Å². The monoisotopic (exact) mass is 377 g/mol. The van der Waals surface area contributed by atoms with Crippen LogP contribution in [0, 0.1) is 0 Å². The molecule has 0 aliphatic heterocycles. The summed E-state index contributed by atoms with van der Waals surface area (Å²) in [6.07, 6.45) is 4.81. The molecule has 0 spiro atoms. The molecule has 0 aliphatic rings. The zero-order valence-corrected chi connectivity index (χ0v) is 15.2. The van der Waals surface area contributed by atoms with E-state index in [1.54, 1.807) is 31.6 Å². The minimum absolute atomic E-state index is 0.203. The van der Waals surface area contributed by atoms with E-state index in [0.29, 0.717) is 22.7 Å². The summed E-state index contributed by atoms with van der Waals surface area (Å²) in [6.45, 7) is -0.203. The van der Waals surface area contributed by atoms with Gasteiger partial charge in [0.25, 0.3) is 5.91 Å². The lowest BCUT2D eigenvalue weighted by molar-refractivity contribution is 0.0915. The number of aliphatic hydroxyl groups is 1. The molecule has 0 radical (unpaired) electrons. The molecule has 0 bridgehead atoms. The van der Waals surface area contributed by atoms with Crippen molar-refractivity contribution in [3.8, 4) is 17.1 Å². The number of hydrogen-bond donors (Lipinski definition) is 3. The fraction of sp³-hybridized carbons (Fsp3) is 0.143. The van der Waals surface area contributed by atoms with Gasteiger partial charge in [0.05, 0.1) is 30.7 Å². The quantitative estimate of drug-likeness (QED) is 0.479. The van der Waals surface area contributed by atoms with Gasteiger partial charge in [0.1, 0.15) is 23.4 Å². The Morgan fingerprint density at radius 3 is 2.89 bits per heavy atom. The van der Waals surface area contributed by atoms with E-state index in [9.17, 15) is 9.90 Å². The van der Waals surface area contributed by atoms with Crippen LogP contribution in [0.4, 0.5) is 0 Å². The molecule has 1 amide bonds. The maximum atomic E-state index is 12.6. The Bertz CT molecular complexity index is 1100. The molecule has 7 nitrogen and oxygen atoms in total. The van der Waals surface area contributed by atoms with Crippen molar-refractivity contribution >= 4 is 16.9 Å². The molecule has 142 valence electrons. The summed E-state index contributed by atoms with van der Waals surface area (Å²) in [5.41, 5.74) is 2.61. The highest BCUT2D eigenvalue weighted by molar-refractivity contribution is 5.99. The number of hydrogen-bond acceptors (Lipinski definition) is 5. The fourth-order valence-electron chi connectivity index (χ4n) is 3.15. The number of amides is 1. The minimum atomic E-state index is -0.496. The van der Waals surface area contributed by atoms with Gasteiger partial charge in [0.15, 0.2) is 0 Å². The van der Waals surface area contributed by atoms with Crippen LogP contribution in [-0.4, -0.2) is 34.7 Å². The van der Waals surface area contributed by atoms with Gasteiger partial charge in [-0.1, -0.05) is 30.3 Å². The number of benzene rings is 1. The average Bonchev–Trinajstić information content (AvgIpc) is 3.39. The second kappa shape index (κ2) is 7.58. The third kappa shape index (κ3) is 3.23. The first kappa shape index (κ1) is 17.8. The first-order valence-corrected chi connectivity index (χ1v) is 8.77. The molecule has 0 saturated carbocycles. The normalized spacial score (nSPS) is 12.1. The van der Waals surface area contributed by atoms with Crippen molar-refractivity contribution in [1.29, 1.82) is 0 Å². The minimum Gasteiger partial charge on any atom is -0.496 e. The van der Waals surface area contributed by atoms with E-state index < -0.39 is 6.04 Å². The van der Waals surface area contributed by atoms with Crippen LogP contribution in [0.15, 0.2) is 65.5 Å². The van der Waals surface area contributed by atoms with Gasteiger partial charge in [-0.2, -0.15) is 0 Å². The maximum absolute atomic E-state index is 12.6. The Morgan fingerprint density at radius 2 is 2.14 bits per heavy atom. The molecule has 0 saturated heterocycles. The van der Waals surface area contributed by atoms with Crippen LogP contribution in [0.5, 0.6) is 5.75 Å². The highest BCUT2D eigenvalue weighted by Gasteiger charge is 2.19. The van der Waals surface area contributed by atoms with Crippen LogP contribution in [0.3, 0.4) is 0 Å². The predicted octanol–water partition coefficient (Wildman–Crippen LogP) is 3.29. The van der Waals surface area contributed by atoms with Crippen LogP contribution >= 0.6 is 0 Å². The second-order valence-corrected chi connectivity index (χ2v) is 6.26. The number of nitrogens with one attached hydrogen (secondary N) is 2. The van der Waals surface area contributed by atoms with Crippen molar-refractivity contribution in [1.82, 2.24) is 15.3 Å². The molecule has 0 aliphatic carbocycles. The topological polar surface area (TPSA) is 100 Å². The Hall–Kier alpha value is -3.58. The van der Waals surface area contributed by atoms with Crippen LogP contribution < -0.4 is 10.1 Å². The third-order valence-corrected chi connectivity index (χ3v) is 4.57. The molecule has 7 heteroatoms. The largest absolute Gasteiger partial charge is 0.496 e. The molecule has 0 fully saturated rings. The van der Waals surface area contributed by atoms with E-state index in [0.717, 1.165) is 16.5 Å². The van der Waals surface area contributed by atoms with Crippen molar-refractivity contribution in [3.63, 3.8) is 0 Å². The molecule has 3 aromatic heterocycles. The smallest absolute Gasteiger partial charge is 0.255 e. The lowest BCUT2D eigenvalue weighted by Crippen LogP contribution is -2.30. The molecule has 0 unspecified atom stereocenters. The van der Waals surface area contributed by atoms with Crippen molar-refractivity contribution in [2.75, 3.05) is 13.7 Å². The van der Waals surface area contributed by atoms with Gasteiger partial charge < -0.3 is 24.6 Å². The van der Waals surface area contributed by atoms with Crippen LogP contribution in [-0.2, 0) is 0 Å². The molecule has 1 atom stereocenters. The number of pyridine rings is 1. The Balaban J connectivity index is 1.60. The van der Waals surface area contributed by atoms with Gasteiger partial charge >= 0.3 is 0 Å². The number of aromatic nitrogens is 2. The van der Waals surface area contributed by atoms with Crippen LogP contribution in [0.25, 0.3) is 22.4 Å². The fourth-order valence-corrected chi connectivity index (χ4v) is 3.15. The van der Waals surface area contributed by atoms with Gasteiger partial charge in [-0.05, 0) is 17.7 Å². The Morgan fingerprint density at radius 1 is 1.32 bits per heavy atom. The number of ether oxygens (including phenoxy) is 1. The highest BCUT2D eigenvalue weighted by atomic mass is 16.5. The zero-order chi connectivity index (χ0) is 19.5. The second-order valence-electron chi connectivity index (χ2n) is 6.26. The molecule has 1 aromatic carbocycles. The molecule has 28 heavy (non-hydrogen) atoms. The number of aliphatic hydroxyl groups excluding tert-OH is 1. The van der Waals surface area contributed by atoms with E-state index in [-0.39, 0.29) is 12.5 Å². The molecule has 3 N–H and O–H groups in total. The SMILES string of the molecule is COc1ccnc2[nH]cc(-c3cc(C(=O)N[C@H](CO)c4ccccc4)co3)c12.